The Bertz CT molecular complexity index is 2680. The number of anilines is 7. The Labute approximate surface area is 339 Å². The zero-order chi connectivity index (χ0) is 42.5. The Morgan fingerprint density at radius 2 is 1.46 bits per heavy atom. The van der Waals surface area contributed by atoms with E-state index in [2.05, 4.69) is 65.4 Å². The molecule has 3 aromatic carbocycles. The van der Waals surface area contributed by atoms with Crippen molar-refractivity contribution < 1.29 is 54.1 Å². The smallest absolute Gasteiger partial charge is 0.313 e. The first-order valence-electron chi connectivity index (χ1n) is 15.9. The van der Waals surface area contributed by atoms with Crippen molar-refractivity contribution >= 4 is 107 Å². The molecule has 0 amide bonds. The van der Waals surface area contributed by atoms with E-state index in [1.165, 1.54) is 24.3 Å². The number of rotatable bonds is 14. The summed E-state index contributed by atoms with van der Waals surface area (Å²) in [5, 5.41) is 33.3. The van der Waals surface area contributed by atoms with Crippen molar-refractivity contribution in [3.63, 3.8) is 0 Å². The number of ether oxygens (including phenoxy) is 1. The molecule has 24 nitrogen and oxygen atoms in total. The van der Waals surface area contributed by atoms with Crippen LogP contribution in [0, 0.1) is 12.0 Å². The minimum atomic E-state index is -5.14. The van der Waals surface area contributed by atoms with E-state index in [-0.39, 0.29) is 45.0 Å². The summed E-state index contributed by atoms with van der Waals surface area (Å²) in [5.41, 5.74) is 9.50. The normalized spacial score (nSPS) is 13.7. The Balaban J connectivity index is 1.38. The molecule has 30 heteroatoms. The third kappa shape index (κ3) is 10.8. The molecule has 1 fully saturated rings. The third-order valence-corrected chi connectivity index (χ3v) is 10.2. The number of azo groups is 2. The fraction of sp³-hybridized carbons (Fsp3) is 0.138. The van der Waals surface area contributed by atoms with Gasteiger partial charge in [-0.2, -0.15) is 50.5 Å². The van der Waals surface area contributed by atoms with Crippen molar-refractivity contribution in [2.75, 3.05) is 53.3 Å². The molecule has 9 N–H and O–H groups in total. The number of nitrogens with zero attached hydrogens (tertiary/aromatic N) is 10. The van der Waals surface area contributed by atoms with Gasteiger partial charge in [0.1, 0.15) is 38.4 Å². The molecule has 0 radical (unpaired) electrons. The van der Waals surface area contributed by atoms with Crippen molar-refractivity contribution in [2.24, 2.45) is 20.5 Å². The van der Waals surface area contributed by atoms with Gasteiger partial charge in [0.2, 0.25) is 23.1 Å². The van der Waals surface area contributed by atoms with Gasteiger partial charge >= 0.3 is 6.08 Å². The summed E-state index contributed by atoms with van der Waals surface area (Å²) in [4.78, 5) is 19.0. The first-order chi connectivity index (χ1) is 28.0. The highest BCUT2D eigenvalue weighted by Gasteiger charge is 2.24. The SMILES string of the molecule is Nc1c(N=Nc2cc(Nc3nc(Cl)nc(N4CCOCC4)n3)ccc2S(=O)(=O)O)cc(S(=O)(=O)O)c(N)c1N=Nc1cc(Nc2cc(F)nc(F)n2)ccc1SOOO. The van der Waals surface area contributed by atoms with Gasteiger partial charge in [-0.1, -0.05) is 5.04 Å². The molecular weight excluding hydrogens is 874 g/mol. The zero-order valence-electron chi connectivity index (χ0n) is 29.1. The predicted molar refractivity (Wildman–Crippen MR) is 203 cm³/mol. The van der Waals surface area contributed by atoms with Gasteiger partial charge < -0.3 is 31.7 Å². The van der Waals surface area contributed by atoms with Gasteiger partial charge in [0.05, 0.1) is 41.5 Å². The molecule has 5 aromatic rings. The summed E-state index contributed by atoms with van der Waals surface area (Å²) in [5.74, 6) is -1.31. The molecule has 0 unspecified atom stereocenters. The molecule has 1 saturated heterocycles. The van der Waals surface area contributed by atoms with Gasteiger partial charge in [0, 0.05) is 30.5 Å². The number of hydrogen-bond donors (Lipinski definition) is 7. The lowest BCUT2D eigenvalue weighted by atomic mass is 10.2. The molecule has 6 rings (SSSR count). The van der Waals surface area contributed by atoms with E-state index < -0.39 is 70.5 Å². The van der Waals surface area contributed by atoms with E-state index in [1.807, 2.05) is 0 Å². The van der Waals surface area contributed by atoms with Crippen LogP contribution in [0.15, 0.2) is 83.7 Å². The minimum absolute atomic E-state index is 0.0558. The Morgan fingerprint density at radius 1 is 0.797 bits per heavy atom. The summed E-state index contributed by atoms with van der Waals surface area (Å²) in [6.45, 7) is 1.80. The first-order valence-corrected chi connectivity index (χ1v) is 19.9. The van der Waals surface area contributed by atoms with Crippen molar-refractivity contribution in [1.29, 1.82) is 0 Å². The van der Waals surface area contributed by atoms with Crippen LogP contribution in [0.1, 0.15) is 0 Å². The van der Waals surface area contributed by atoms with E-state index in [0.29, 0.717) is 44.4 Å². The number of benzene rings is 3. The highest BCUT2D eigenvalue weighted by atomic mass is 35.5. The van der Waals surface area contributed by atoms with E-state index in [1.54, 1.807) is 4.90 Å². The lowest BCUT2D eigenvalue weighted by Crippen LogP contribution is -2.37. The number of nitrogens with one attached hydrogen (secondary N) is 2. The number of aromatic nitrogens is 5. The van der Waals surface area contributed by atoms with Crippen LogP contribution in [-0.2, 0) is 34.3 Å². The van der Waals surface area contributed by atoms with Gasteiger partial charge in [-0.25, -0.2) is 5.26 Å². The van der Waals surface area contributed by atoms with Crippen LogP contribution < -0.4 is 27.0 Å². The summed E-state index contributed by atoms with van der Waals surface area (Å²) in [6, 6.07) is 8.73. The molecule has 0 aliphatic carbocycles. The molecule has 0 saturated carbocycles. The fourth-order valence-corrected chi connectivity index (χ4v) is 6.80. The van der Waals surface area contributed by atoms with Crippen molar-refractivity contribution in [1.82, 2.24) is 24.9 Å². The highest BCUT2D eigenvalue weighted by molar-refractivity contribution is 7.94. The van der Waals surface area contributed by atoms with E-state index in [9.17, 15) is 34.7 Å². The lowest BCUT2D eigenvalue weighted by molar-refractivity contribution is -0.432. The van der Waals surface area contributed by atoms with Crippen LogP contribution >= 0.6 is 23.6 Å². The van der Waals surface area contributed by atoms with E-state index in [0.717, 1.165) is 18.2 Å². The second-order valence-corrected chi connectivity index (χ2v) is 15.3. The standard InChI is InChI=1S/C29H25ClF2N14O10S3/c30-26-39-28(41-29(40-26)46-5-7-54-8-6-46)36-14-2-4-19(58(48,49)50)16(10-14)43-44-17-11-20(59(51,52)53)24(34)25(23(17)33)45-42-15-9-13(1-3-18(15)57-56-55-47)35-22-12-21(31)37-27(32)38-22/h1-4,9-12,47H,5-8,33-34H2,(H,35,37,38)(H,48,49,50)(H,51,52,53)(H,36,39,40,41). The number of halogens is 3. The van der Waals surface area contributed by atoms with Gasteiger partial charge in [0.25, 0.3) is 20.2 Å². The second kappa shape index (κ2) is 17.9. The first kappa shape index (κ1) is 42.7. The molecule has 310 valence electrons. The molecule has 0 bridgehead atoms. The summed E-state index contributed by atoms with van der Waals surface area (Å²) >= 11 is 6.54. The molecule has 1 aliphatic rings. The van der Waals surface area contributed by atoms with Gasteiger partial charge in [0.15, 0.2) is 0 Å². The number of hydrogen-bond acceptors (Lipinski definition) is 23. The Morgan fingerprint density at radius 3 is 2.15 bits per heavy atom. The summed E-state index contributed by atoms with van der Waals surface area (Å²) < 4.78 is 107. The maximum Gasteiger partial charge on any atom is 0.313 e. The molecule has 1 aliphatic heterocycles. The minimum Gasteiger partial charge on any atom is -0.396 e. The van der Waals surface area contributed by atoms with Crippen LogP contribution in [0.2, 0.25) is 5.28 Å². The number of morpholine rings is 1. The average molecular weight is 899 g/mol. The lowest BCUT2D eigenvalue weighted by Gasteiger charge is -2.26. The van der Waals surface area contributed by atoms with Crippen LogP contribution in [0.4, 0.5) is 72.0 Å². The van der Waals surface area contributed by atoms with Gasteiger partial charge in [-0.3, -0.25) is 9.11 Å². The third-order valence-electron chi connectivity index (χ3n) is 7.56. The Kier molecular flexibility index (Phi) is 13.0. The summed E-state index contributed by atoms with van der Waals surface area (Å²) in [7, 11) is -10.1. The van der Waals surface area contributed by atoms with Crippen molar-refractivity contribution in [2.45, 2.75) is 14.7 Å². The monoisotopic (exact) mass is 898 g/mol. The second-order valence-electron chi connectivity index (χ2n) is 11.4. The maximum atomic E-state index is 13.7. The van der Waals surface area contributed by atoms with E-state index >= 15 is 0 Å². The average Bonchev–Trinajstić information content (AvgIpc) is 3.16. The molecule has 0 spiro atoms. The number of nitrogens with two attached hydrogens (primary N) is 2. The quantitative estimate of drug-likeness (QED) is 0.0101. The van der Waals surface area contributed by atoms with Crippen LogP contribution in [0.3, 0.4) is 0 Å². The van der Waals surface area contributed by atoms with Crippen molar-refractivity contribution in [3.8, 4) is 0 Å². The van der Waals surface area contributed by atoms with Crippen LogP contribution in [0.25, 0.3) is 0 Å². The Hall–Kier alpha value is -5.89. The molecule has 2 aromatic heterocycles. The molecule has 0 atom stereocenters. The van der Waals surface area contributed by atoms with Crippen LogP contribution in [0.5, 0.6) is 0 Å². The largest absolute Gasteiger partial charge is 0.396 e. The molecular formula is C29H25ClF2N14O10S3. The summed E-state index contributed by atoms with van der Waals surface area (Å²) in [6.07, 6.45) is -1.37. The van der Waals surface area contributed by atoms with Gasteiger partial charge in [-0.05, 0) is 54.1 Å². The van der Waals surface area contributed by atoms with Crippen LogP contribution in [-0.4, -0.2) is 82.4 Å². The zero-order valence-corrected chi connectivity index (χ0v) is 32.3. The highest BCUT2D eigenvalue weighted by Crippen LogP contribution is 2.44. The molecule has 3 heterocycles. The van der Waals surface area contributed by atoms with Crippen molar-refractivity contribution in [3.05, 3.63) is 65.8 Å². The fourth-order valence-electron chi connectivity index (χ4n) is 5.00. The number of nitrogen functional groups attached to an aromatic ring is 2. The van der Waals surface area contributed by atoms with Gasteiger partial charge in [-0.15, -0.1) is 24.8 Å². The molecule has 59 heavy (non-hydrogen) atoms. The predicted octanol–water partition coefficient (Wildman–Crippen LogP) is 5.83. The van der Waals surface area contributed by atoms with E-state index in [4.69, 9.17) is 33.1 Å². The maximum absolute atomic E-state index is 13.7. The topological polar surface area (TPSA) is 350 Å².